The summed E-state index contributed by atoms with van der Waals surface area (Å²) in [5, 5.41) is 0.446. The minimum absolute atomic E-state index is 0.123. The van der Waals surface area contributed by atoms with Crippen molar-refractivity contribution in [1.29, 1.82) is 0 Å². The average Bonchev–Trinajstić information content (AvgIpc) is 3.24. The van der Waals surface area contributed by atoms with Crippen molar-refractivity contribution in [2.45, 2.75) is 19.8 Å². The lowest BCUT2D eigenvalue weighted by molar-refractivity contribution is 0.103. The molecule has 8 nitrogen and oxygen atoms in total. The van der Waals surface area contributed by atoms with Crippen molar-refractivity contribution in [2.24, 2.45) is 0 Å². The van der Waals surface area contributed by atoms with Gasteiger partial charge >= 0.3 is 0 Å². The number of hydrogen-bond acceptors (Lipinski definition) is 6. The summed E-state index contributed by atoms with van der Waals surface area (Å²) in [5.41, 5.74) is 0.718. The first-order chi connectivity index (χ1) is 17.3. The van der Waals surface area contributed by atoms with Crippen molar-refractivity contribution in [3.8, 4) is 11.1 Å². The third-order valence-electron chi connectivity index (χ3n) is 6.10. The number of hydrogen-bond donors (Lipinski definition) is 2. The van der Waals surface area contributed by atoms with E-state index < -0.39 is 38.7 Å². The molecule has 11 heteroatoms. The number of aromatic nitrogens is 3. The van der Waals surface area contributed by atoms with Crippen LogP contribution in [0.1, 0.15) is 35.7 Å². The molecular weight excluding hydrogens is 488 g/mol. The molecule has 36 heavy (non-hydrogen) atoms. The van der Waals surface area contributed by atoms with Crippen LogP contribution >= 0.6 is 0 Å². The van der Waals surface area contributed by atoms with E-state index in [2.05, 4.69) is 19.9 Å². The van der Waals surface area contributed by atoms with E-state index in [1.807, 2.05) is 16.9 Å². The molecule has 0 unspecified atom stereocenters. The molecule has 1 aliphatic rings. The predicted octanol–water partition coefficient (Wildman–Crippen LogP) is 4.50. The molecular formula is C25H23F2N5O3S. The van der Waals surface area contributed by atoms with E-state index in [4.69, 9.17) is 0 Å². The first-order valence-electron chi connectivity index (χ1n) is 11.5. The molecule has 0 radical (unpaired) electrons. The second kappa shape index (κ2) is 9.30. The van der Waals surface area contributed by atoms with Crippen molar-refractivity contribution in [3.63, 3.8) is 0 Å². The summed E-state index contributed by atoms with van der Waals surface area (Å²) in [4.78, 5) is 27.2. The molecule has 2 N–H and O–H groups in total. The van der Waals surface area contributed by atoms with E-state index in [-0.39, 0.29) is 17.7 Å². The summed E-state index contributed by atoms with van der Waals surface area (Å²) in [6.45, 7) is 3.59. The SMILES string of the molecule is CCCS(=O)(=O)Nc1c(F)ccc(C(=O)c2c[nH]c3ncc(-c4ccc(N5CCC5)nc4)cc23)c1F. The zero-order chi connectivity index (χ0) is 25.4. The van der Waals surface area contributed by atoms with Crippen LogP contribution in [0.4, 0.5) is 20.3 Å². The van der Waals surface area contributed by atoms with Crippen molar-refractivity contribution < 1.29 is 22.0 Å². The van der Waals surface area contributed by atoms with Gasteiger partial charge < -0.3 is 9.88 Å². The standard InChI is InChI=1S/C25H23F2N5O3S/c1-2-10-36(34,35)31-23-20(26)6-5-17(22(23)27)24(33)19-14-30-25-18(19)11-16(13-29-25)15-4-7-21(28-12-15)32-8-3-9-32/h4-7,11-14,31H,2-3,8-10H2,1H3,(H,29,30). The lowest BCUT2D eigenvalue weighted by atomic mass is 10.0. The van der Waals surface area contributed by atoms with Crippen molar-refractivity contribution >= 4 is 38.3 Å². The van der Waals surface area contributed by atoms with Gasteiger partial charge in [0.15, 0.2) is 11.6 Å². The summed E-state index contributed by atoms with van der Waals surface area (Å²) < 4.78 is 55.6. The molecule has 0 amide bonds. The largest absolute Gasteiger partial charge is 0.356 e. The van der Waals surface area contributed by atoms with Gasteiger partial charge in [0.2, 0.25) is 10.0 Å². The van der Waals surface area contributed by atoms with Crippen LogP contribution in [0.5, 0.6) is 0 Å². The number of fused-ring (bicyclic) bond motifs is 1. The van der Waals surface area contributed by atoms with Crippen molar-refractivity contribution in [2.75, 3.05) is 28.5 Å². The molecule has 5 rings (SSSR count). The normalized spacial score (nSPS) is 13.6. The highest BCUT2D eigenvalue weighted by molar-refractivity contribution is 7.92. The number of pyridine rings is 2. The maximum absolute atomic E-state index is 15.2. The van der Waals surface area contributed by atoms with Crippen LogP contribution in [0, 0.1) is 11.6 Å². The Kier molecular flexibility index (Phi) is 6.17. The minimum Gasteiger partial charge on any atom is -0.356 e. The minimum atomic E-state index is -3.97. The summed E-state index contributed by atoms with van der Waals surface area (Å²) in [6, 6.07) is 7.46. The zero-order valence-electron chi connectivity index (χ0n) is 19.4. The Morgan fingerprint density at radius 2 is 1.86 bits per heavy atom. The highest BCUT2D eigenvalue weighted by Crippen LogP contribution is 2.30. The van der Waals surface area contributed by atoms with Gasteiger partial charge in [-0.1, -0.05) is 6.92 Å². The zero-order valence-corrected chi connectivity index (χ0v) is 20.2. The maximum Gasteiger partial charge on any atom is 0.232 e. The van der Waals surface area contributed by atoms with E-state index in [1.165, 1.54) is 6.20 Å². The number of nitrogens with one attached hydrogen (secondary N) is 2. The highest BCUT2D eigenvalue weighted by Gasteiger charge is 2.25. The second-order valence-corrected chi connectivity index (χ2v) is 10.4. The Morgan fingerprint density at radius 1 is 1.08 bits per heavy atom. The van der Waals surface area contributed by atoms with E-state index in [0.29, 0.717) is 16.6 Å². The number of ketones is 1. The quantitative estimate of drug-likeness (QED) is 0.338. The maximum atomic E-state index is 15.2. The van der Waals surface area contributed by atoms with Crippen LogP contribution in [0.3, 0.4) is 0 Å². The Morgan fingerprint density at radius 3 is 2.53 bits per heavy atom. The molecule has 4 heterocycles. The Hall–Kier alpha value is -3.86. The molecule has 1 aliphatic heterocycles. The Labute approximate surface area is 206 Å². The number of aromatic amines is 1. The smallest absolute Gasteiger partial charge is 0.232 e. The summed E-state index contributed by atoms with van der Waals surface area (Å²) in [6.07, 6.45) is 6.19. The van der Waals surface area contributed by atoms with Crippen LogP contribution in [-0.2, 0) is 10.0 Å². The van der Waals surface area contributed by atoms with Crippen LogP contribution in [-0.4, -0.2) is 48.0 Å². The molecule has 0 bridgehead atoms. The van der Waals surface area contributed by atoms with Crippen molar-refractivity contribution in [1.82, 2.24) is 15.0 Å². The topological polar surface area (TPSA) is 108 Å². The number of H-pyrrole nitrogens is 1. The summed E-state index contributed by atoms with van der Waals surface area (Å²) in [7, 11) is -3.97. The van der Waals surface area contributed by atoms with E-state index in [0.717, 1.165) is 43.0 Å². The number of sulfonamides is 1. The number of anilines is 2. The van der Waals surface area contributed by atoms with Crippen LogP contribution < -0.4 is 9.62 Å². The van der Waals surface area contributed by atoms with E-state index >= 15 is 4.39 Å². The van der Waals surface area contributed by atoms with E-state index in [9.17, 15) is 17.6 Å². The summed E-state index contributed by atoms with van der Waals surface area (Å²) >= 11 is 0. The fraction of sp³-hybridized carbons (Fsp3) is 0.240. The number of nitrogens with zero attached hydrogens (tertiary/aromatic N) is 3. The van der Waals surface area contributed by atoms with Crippen LogP contribution in [0.2, 0.25) is 0 Å². The number of carbonyl (C=O) groups is 1. The number of benzene rings is 1. The van der Waals surface area contributed by atoms with Gasteiger partial charge in [0.1, 0.15) is 23.0 Å². The first kappa shape index (κ1) is 23.9. The van der Waals surface area contributed by atoms with Gasteiger partial charge in [0.25, 0.3) is 0 Å². The lowest BCUT2D eigenvalue weighted by Gasteiger charge is -2.31. The number of halogens is 2. The molecule has 4 aromatic rings. The van der Waals surface area contributed by atoms with Gasteiger partial charge in [-0.05, 0) is 43.2 Å². The van der Waals surface area contributed by atoms with Gasteiger partial charge in [-0.15, -0.1) is 0 Å². The third-order valence-corrected chi connectivity index (χ3v) is 7.56. The third kappa shape index (κ3) is 4.41. The molecule has 1 fully saturated rings. The first-order valence-corrected chi connectivity index (χ1v) is 13.1. The molecule has 0 aliphatic carbocycles. The Balaban J connectivity index is 1.49. The van der Waals surface area contributed by atoms with Crippen LogP contribution in [0.15, 0.2) is 48.9 Å². The lowest BCUT2D eigenvalue weighted by Crippen LogP contribution is -2.37. The molecule has 3 aromatic heterocycles. The number of carbonyl (C=O) groups excluding carboxylic acids is 1. The monoisotopic (exact) mass is 511 g/mol. The molecule has 0 spiro atoms. The molecule has 1 saturated heterocycles. The van der Waals surface area contributed by atoms with Crippen molar-refractivity contribution in [3.05, 3.63) is 71.7 Å². The fourth-order valence-corrected chi connectivity index (χ4v) is 5.22. The van der Waals surface area contributed by atoms with Crippen LogP contribution in [0.25, 0.3) is 22.2 Å². The molecule has 186 valence electrons. The predicted molar refractivity (Wildman–Crippen MR) is 134 cm³/mol. The van der Waals surface area contributed by atoms with E-state index in [1.54, 1.807) is 25.4 Å². The number of rotatable bonds is 8. The summed E-state index contributed by atoms with van der Waals surface area (Å²) in [5.74, 6) is -2.53. The van der Waals surface area contributed by atoms with Gasteiger partial charge in [-0.25, -0.2) is 27.2 Å². The molecule has 0 atom stereocenters. The average molecular weight is 512 g/mol. The van der Waals surface area contributed by atoms with Gasteiger partial charge in [-0.2, -0.15) is 0 Å². The second-order valence-electron chi connectivity index (χ2n) is 8.60. The van der Waals surface area contributed by atoms with Gasteiger partial charge in [-0.3, -0.25) is 9.52 Å². The molecule has 1 aromatic carbocycles. The van der Waals surface area contributed by atoms with Gasteiger partial charge in [0, 0.05) is 53.8 Å². The Bertz CT molecular complexity index is 1560. The van der Waals surface area contributed by atoms with Gasteiger partial charge in [0.05, 0.1) is 11.3 Å². The highest BCUT2D eigenvalue weighted by atomic mass is 32.2. The molecule has 0 saturated carbocycles. The fourth-order valence-electron chi connectivity index (χ4n) is 4.08.